The molecule has 3 N–H and O–H groups in total. The maximum atomic E-state index is 12.0. The lowest BCUT2D eigenvalue weighted by atomic mass is 9.82. The normalized spacial score (nSPS) is 26.0. The van der Waals surface area contributed by atoms with Crippen molar-refractivity contribution in [2.75, 3.05) is 33.3 Å². The molecule has 0 bridgehead atoms. The van der Waals surface area contributed by atoms with Crippen LogP contribution in [0.1, 0.15) is 32.1 Å². The number of morpholine rings is 1. The van der Waals surface area contributed by atoms with E-state index in [1.807, 2.05) is 7.05 Å². The van der Waals surface area contributed by atoms with Gasteiger partial charge in [-0.2, -0.15) is 0 Å². The molecule has 1 heterocycles. The molecule has 1 saturated carbocycles. The van der Waals surface area contributed by atoms with Gasteiger partial charge >= 0.3 is 12.0 Å². The number of carboxylic acid groups (broad SMARTS) is 1. The summed E-state index contributed by atoms with van der Waals surface area (Å²) in [5.74, 6) is -0.939. The first kappa shape index (κ1) is 16.0. The van der Waals surface area contributed by atoms with Crippen LogP contribution in [0.25, 0.3) is 0 Å². The fourth-order valence-electron chi connectivity index (χ4n) is 3.01. The van der Waals surface area contributed by atoms with E-state index in [4.69, 9.17) is 4.74 Å². The Morgan fingerprint density at radius 2 is 2.05 bits per heavy atom. The molecule has 2 amide bonds. The van der Waals surface area contributed by atoms with Crippen molar-refractivity contribution in [3.05, 3.63) is 0 Å². The minimum atomic E-state index is -1.10. The molecule has 1 saturated heterocycles. The number of hydrogen-bond donors (Lipinski definition) is 3. The Morgan fingerprint density at radius 3 is 2.67 bits per heavy atom. The molecule has 1 atom stereocenters. The monoisotopic (exact) mass is 299 g/mol. The third-order valence-corrected chi connectivity index (χ3v) is 4.30. The molecule has 2 fully saturated rings. The van der Waals surface area contributed by atoms with Crippen molar-refractivity contribution in [1.29, 1.82) is 0 Å². The largest absolute Gasteiger partial charge is 0.480 e. The Hall–Kier alpha value is -1.34. The maximum Gasteiger partial charge on any atom is 0.329 e. The van der Waals surface area contributed by atoms with Gasteiger partial charge < -0.3 is 25.4 Å². The van der Waals surface area contributed by atoms with Crippen LogP contribution in [0.4, 0.5) is 4.79 Å². The van der Waals surface area contributed by atoms with E-state index in [-0.39, 0.29) is 6.10 Å². The van der Waals surface area contributed by atoms with Gasteiger partial charge in [0, 0.05) is 19.6 Å². The zero-order chi connectivity index (χ0) is 15.3. The molecule has 2 rings (SSSR count). The Bertz CT molecular complexity index is 382. The lowest BCUT2D eigenvalue weighted by molar-refractivity contribution is -0.145. The van der Waals surface area contributed by atoms with Crippen LogP contribution in [0.15, 0.2) is 0 Å². The van der Waals surface area contributed by atoms with Crippen molar-refractivity contribution < 1.29 is 19.4 Å². The second kappa shape index (κ2) is 7.09. The average molecular weight is 299 g/mol. The third kappa shape index (κ3) is 4.31. The van der Waals surface area contributed by atoms with Gasteiger partial charge in [0.2, 0.25) is 0 Å². The van der Waals surface area contributed by atoms with E-state index in [2.05, 4.69) is 15.5 Å². The molecular weight excluding hydrogens is 274 g/mol. The van der Waals surface area contributed by atoms with Gasteiger partial charge in [0.1, 0.15) is 5.54 Å². The summed E-state index contributed by atoms with van der Waals surface area (Å²) in [6.07, 6.45) is 3.66. The van der Waals surface area contributed by atoms with Crippen molar-refractivity contribution in [2.45, 2.75) is 43.7 Å². The number of amides is 2. The number of aliphatic carboxylic acids is 1. The molecule has 21 heavy (non-hydrogen) atoms. The number of hydrogen-bond acceptors (Lipinski definition) is 4. The van der Waals surface area contributed by atoms with Crippen molar-refractivity contribution in [3.63, 3.8) is 0 Å². The lowest BCUT2D eigenvalue weighted by Crippen LogP contribution is -2.59. The smallest absolute Gasteiger partial charge is 0.329 e. The van der Waals surface area contributed by atoms with Crippen LogP contribution in [0.2, 0.25) is 0 Å². The SMILES string of the molecule is CN1CCOC(CNC(=O)NC2(C(=O)O)CCCCC2)C1. The molecule has 1 aliphatic carbocycles. The summed E-state index contributed by atoms with van der Waals surface area (Å²) in [7, 11) is 2.01. The zero-order valence-corrected chi connectivity index (χ0v) is 12.6. The summed E-state index contributed by atoms with van der Waals surface area (Å²) < 4.78 is 5.56. The van der Waals surface area contributed by atoms with E-state index in [1.54, 1.807) is 0 Å². The molecule has 0 aromatic rings. The molecule has 0 spiro atoms. The molecule has 1 unspecified atom stereocenters. The van der Waals surface area contributed by atoms with Crippen molar-refractivity contribution >= 4 is 12.0 Å². The van der Waals surface area contributed by atoms with Gasteiger partial charge in [0.25, 0.3) is 0 Å². The fraction of sp³-hybridized carbons (Fsp3) is 0.857. The van der Waals surface area contributed by atoms with Gasteiger partial charge in [-0.25, -0.2) is 9.59 Å². The van der Waals surface area contributed by atoms with Gasteiger partial charge in [0.05, 0.1) is 12.7 Å². The number of carboxylic acids is 1. The molecule has 2 aliphatic rings. The topological polar surface area (TPSA) is 90.9 Å². The molecule has 0 radical (unpaired) electrons. The quantitative estimate of drug-likeness (QED) is 0.699. The summed E-state index contributed by atoms with van der Waals surface area (Å²) in [6.45, 7) is 2.71. The molecular formula is C14H25N3O4. The van der Waals surface area contributed by atoms with Gasteiger partial charge in [-0.1, -0.05) is 19.3 Å². The van der Waals surface area contributed by atoms with Gasteiger partial charge in [-0.15, -0.1) is 0 Å². The lowest BCUT2D eigenvalue weighted by Gasteiger charge is -2.34. The number of ether oxygens (including phenoxy) is 1. The molecule has 7 heteroatoms. The van der Waals surface area contributed by atoms with Crippen LogP contribution in [-0.2, 0) is 9.53 Å². The van der Waals surface area contributed by atoms with Crippen LogP contribution in [0.5, 0.6) is 0 Å². The van der Waals surface area contributed by atoms with Crippen LogP contribution < -0.4 is 10.6 Å². The van der Waals surface area contributed by atoms with Crippen molar-refractivity contribution in [1.82, 2.24) is 15.5 Å². The number of carbonyl (C=O) groups excluding carboxylic acids is 1. The molecule has 1 aliphatic heterocycles. The third-order valence-electron chi connectivity index (χ3n) is 4.30. The van der Waals surface area contributed by atoms with Crippen LogP contribution in [0.3, 0.4) is 0 Å². The summed E-state index contributed by atoms with van der Waals surface area (Å²) in [5.41, 5.74) is -1.10. The Morgan fingerprint density at radius 1 is 1.33 bits per heavy atom. The minimum Gasteiger partial charge on any atom is -0.480 e. The summed E-state index contributed by atoms with van der Waals surface area (Å²) in [5, 5.41) is 14.8. The Labute approximate surface area is 125 Å². The molecule has 0 aromatic heterocycles. The second-order valence-corrected chi connectivity index (χ2v) is 6.04. The minimum absolute atomic E-state index is 0.0402. The number of rotatable bonds is 4. The fourth-order valence-corrected chi connectivity index (χ4v) is 3.01. The number of nitrogens with zero attached hydrogens (tertiary/aromatic N) is 1. The van der Waals surface area contributed by atoms with Gasteiger partial charge in [0.15, 0.2) is 0 Å². The first-order valence-electron chi connectivity index (χ1n) is 7.61. The molecule has 120 valence electrons. The summed E-state index contributed by atoms with van der Waals surface area (Å²) in [6, 6.07) is -0.420. The maximum absolute atomic E-state index is 12.0. The van der Waals surface area contributed by atoms with E-state index in [0.29, 0.717) is 26.0 Å². The van der Waals surface area contributed by atoms with Crippen LogP contribution >= 0.6 is 0 Å². The van der Waals surface area contributed by atoms with Crippen LogP contribution in [-0.4, -0.2) is 66.9 Å². The predicted molar refractivity (Wildman–Crippen MR) is 77.2 cm³/mol. The number of likely N-dealkylation sites (N-methyl/N-ethyl adjacent to an activating group) is 1. The average Bonchev–Trinajstić information content (AvgIpc) is 2.46. The van der Waals surface area contributed by atoms with Gasteiger partial charge in [-0.05, 0) is 19.9 Å². The molecule has 0 aromatic carbocycles. The highest BCUT2D eigenvalue weighted by molar-refractivity contribution is 5.86. The Balaban J connectivity index is 1.81. The van der Waals surface area contributed by atoms with Crippen molar-refractivity contribution in [2.24, 2.45) is 0 Å². The second-order valence-electron chi connectivity index (χ2n) is 6.04. The van der Waals surface area contributed by atoms with Crippen LogP contribution in [0, 0.1) is 0 Å². The van der Waals surface area contributed by atoms with E-state index in [1.165, 1.54) is 0 Å². The first-order chi connectivity index (χ1) is 10.0. The highest BCUT2D eigenvalue weighted by atomic mass is 16.5. The summed E-state index contributed by atoms with van der Waals surface area (Å²) in [4.78, 5) is 25.6. The first-order valence-corrected chi connectivity index (χ1v) is 7.61. The highest BCUT2D eigenvalue weighted by Gasteiger charge is 2.41. The molecule has 7 nitrogen and oxygen atoms in total. The number of nitrogens with one attached hydrogen (secondary N) is 2. The van der Waals surface area contributed by atoms with E-state index in [9.17, 15) is 14.7 Å². The van der Waals surface area contributed by atoms with E-state index >= 15 is 0 Å². The van der Waals surface area contributed by atoms with E-state index in [0.717, 1.165) is 32.4 Å². The van der Waals surface area contributed by atoms with Crippen molar-refractivity contribution in [3.8, 4) is 0 Å². The van der Waals surface area contributed by atoms with E-state index < -0.39 is 17.5 Å². The predicted octanol–water partition coefficient (Wildman–Crippen LogP) is 0.404. The Kier molecular flexibility index (Phi) is 5.41. The van der Waals surface area contributed by atoms with Gasteiger partial charge in [-0.3, -0.25) is 0 Å². The number of carbonyl (C=O) groups is 2. The zero-order valence-electron chi connectivity index (χ0n) is 12.6. The highest BCUT2D eigenvalue weighted by Crippen LogP contribution is 2.28. The standard InChI is InChI=1S/C14H25N3O4/c1-17-7-8-21-11(10-17)9-15-13(20)16-14(12(18)19)5-3-2-4-6-14/h11H,2-10H2,1H3,(H,18,19)(H2,15,16,20). The number of urea groups is 1. The summed E-state index contributed by atoms with van der Waals surface area (Å²) >= 11 is 0.